The second kappa shape index (κ2) is 9.62. The highest BCUT2D eigenvalue weighted by atomic mass is 35.5. The highest BCUT2D eigenvalue weighted by Crippen LogP contribution is 2.29. The normalized spacial score (nSPS) is 17.6. The van der Waals surface area contributed by atoms with Gasteiger partial charge in [-0.05, 0) is 66.1 Å². The molecule has 6 nitrogen and oxygen atoms in total. The van der Waals surface area contributed by atoms with Crippen LogP contribution in [0.25, 0.3) is 10.8 Å². The van der Waals surface area contributed by atoms with Crippen LogP contribution in [0.3, 0.4) is 0 Å². The Hall–Kier alpha value is -2.52. The van der Waals surface area contributed by atoms with Crippen molar-refractivity contribution < 1.29 is 17.6 Å². The molecule has 1 saturated heterocycles. The number of sulfonamides is 1. The van der Waals surface area contributed by atoms with E-state index in [1.165, 1.54) is 23.1 Å². The summed E-state index contributed by atoms with van der Waals surface area (Å²) in [7, 11) is -3.96. The van der Waals surface area contributed by atoms with Crippen LogP contribution in [-0.2, 0) is 14.8 Å². The van der Waals surface area contributed by atoms with Crippen LogP contribution in [0.5, 0.6) is 0 Å². The third-order valence-electron chi connectivity index (χ3n) is 5.93. The van der Waals surface area contributed by atoms with E-state index in [9.17, 15) is 17.6 Å². The van der Waals surface area contributed by atoms with Gasteiger partial charge >= 0.3 is 0 Å². The standard InChI is InChI=1S/C25H27ClFN3O3S/c1-15(2)28-16(3)17-6-9-24(22(27)14-17)30-11-10-23(25(30)31)29-34(32,33)21-8-5-18-12-20(26)7-4-19(18)13-21/h4-9,12-16,23,28-29H,10-11H2,1-3H3. The number of rotatable bonds is 7. The fraction of sp³-hybridized carbons (Fsp3) is 0.320. The molecular weight excluding hydrogens is 477 g/mol. The number of nitrogens with one attached hydrogen (secondary N) is 2. The van der Waals surface area contributed by atoms with Gasteiger partial charge in [0.2, 0.25) is 15.9 Å². The molecule has 0 saturated carbocycles. The van der Waals surface area contributed by atoms with Crippen LogP contribution in [0.4, 0.5) is 10.1 Å². The number of amides is 1. The molecule has 2 unspecified atom stereocenters. The molecule has 0 aromatic heterocycles. The van der Waals surface area contributed by atoms with Crippen LogP contribution in [0.1, 0.15) is 38.8 Å². The third kappa shape index (κ3) is 5.10. The van der Waals surface area contributed by atoms with Gasteiger partial charge in [-0.15, -0.1) is 0 Å². The Morgan fingerprint density at radius 3 is 2.44 bits per heavy atom. The molecule has 34 heavy (non-hydrogen) atoms. The number of hydrogen-bond acceptors (Lipinski definition) is 4. The maximum absolute atomic E-state index is 14.9. The average molecular weight is 504 g/mol. The SMILES string of the molecule is CC(C)NC(C)c1ccc(N2CCC(NS(=O)(=O)c3ccc4cc(Cl)ccc4c3)C2=O)c(F)c1. The molecule has 1 aliphatic rings. The van der Waals surface area contributed by atoms with E-state index in [0.29, 0.717) is 5.02 Å². The molecule has 3 aromatic carbocycles. The summed E-state index contributed by atoms with van der Waals surface area (Å²) in [5.41, 5.74) is 0.922. The van der Waals surface area contributed by atoms with Crippen molar-refractivity contribution in [2.75, 3.05) is 11.4 Å². The molecule has 9 heteroatoms. The van der Waals surface area contributed by atoms with Gasteiger partial charge in [-0.1, -0.05) is 43.6 Å². The number of benzene rings is 3. The Bertz CT molecular complexity index is 1350. The van der Waals surface area contributed by atoms with Crippen LogP contribution in [-0.4, -0.2) is 33.0 Å². The van der Waals surface area contributed by atoms with Crippen molar-refractivity contribution in [3.05, 3.63) is 71.0 Å². The number of carbonyl (C=O) groups is 1. The van der Waals surface area contributed by atoms with Gasteiger partial charge in [0.25, 0.3) is 0 Å². The van der Waals surface area contributed by atoms with Crippen molar-refractivity contribution in [1.82, 2.24) is 10.0 Å². The number of nitrogens with zero attached hydrogens (tertiary/aromatic N) is 1. The van der Waals surface area contributed by atoms with E-state index in [0.717, 1.165) is 16.3 Å². The first-order chi connectivity index (χ1) is 16.0. The Balaban J connectivity index is 1.51. The molecule has 0 radical (unpaired) electrons. The van der Waals surface area contributed by atoms with Gasteiger partial charge < -0.3 is 10.2 Å². The summed E-state index contributed by atoms with van der Waals surface area (Å²) >= 11 is 5.99. The zero-order chi connectivity index (χ0) is 24.6. The smallest absolute Gasteiger partial charge is 0.245 e. The van der Waals surface area contributed by atoms with E-state index >= 15 is 0 Å². The fourth-order valence-electron chi connectivity index (χ4n) is 4.25. The van der Waals surface area contributed by atoms with Crippen molar-refractivity contribution in [3.8, 4) is 0 Å². The van der Waals surface area contributed by atoms with E-state index in [1.54, 1.807) is 36.4 Å². The van der Waals surface area contributed by atoms with Crippen molar-refractivity contribution >= 4 is 44.0 Å². The third-order valence-corrected chi connectivity index (χ3v) is 7.64. The van der Waals surface area contributed by atoms with Crippen molar-refractivity contribution in [3.63, 3.8) is 0 Å². The molecule has 0 bridgehead atoms. The van der Waals surface area contributed by atoms with Gasteiger partial charge in [-0.25, -0.2) is 12.8 Å². The predicted molar refractivity (Wildman–Crippen MR) is 133 cm³/mol. The van der Waals surface area contributed by atoms with Gasteiger partial charge in [-0.2, -0.15) is 4.72 Å². The molecule has 0 spiro atoms. The lowest BCUT2D eigenvalue weighted by atomic mass is 10.1. The Morgan fingerprint density at radius 1 is 1.03 bits per heavy atom. The van der Waals surface area contributed by atoms with Gasteiger partial charge in [0.15, 0.2) is 0 Å². The lowest BCUT2D eigenvalue weighted by Gasteiger charge is -2.21. The van der Waals surface area contributed by atoms with Crippen LogP contribution in [0.2, 0.25) is 5.02 Å². The minimum atomic E-state index is -3.96. The van der Waals surface area contributed by atoms with Gasteiger partial charge in [0, 0.05) is 23.7 Å². The lowest BCUT2D eigenvalue weighted by molar-refractivity contribution is -0.118. The summed E-state index contributed by atoms with van der Waals surface area (Å²) < 4.78 is 43.3. The fourth-order valence-corrected chi connectivity index (χ4v) is 5.69. The topological polar surface area (TPSA) is 78.5 Å². The summed E-state index contributed by atoms with van der Waals surface area (Å²) in [6, 6.07) is 13.9. The molecule has 3 aromatic rings. The monoisotopic (exact) mass is 503 g/mol. The van der Waals surface area contributed by atoms with E-state index in [4.69, 9.17) is 11.6 Å². The van der Waals surface area contributed by atoms with E-state index in [1.807, 2.05) is 20.8 Å². The second-order valence-corrected chi connectivity index (χ2v) is 11.0. The van der Waals surface area contributed by atoms with Crippen LogP contribution < -0.4 is 14.9 Å². The largest absolute Gasteiger partial charge is 0.308 e. The quantitative estimate of drug-likeness (QED) is 0.486. The minimum absolute atomic E-state index is 0.0460. The van der Waals surface area contributed by atoms with Crippen molar-refractivity contribution in [2.24, 2.45) is 0 Å². The second-order valence-electron chi connectivity index (χ2n) is 8.86. The average Bonchev–Trinajstić information content (AvgIpc) is 3.12. The molecule has 2 atom stereocenters. The number of fused-ring (bicyclic) bond motifs is 1. The first-order valence-corrected chi connectivity index (χ1v) is 13.0. The summed E-state index contributed by atoms with van der Waals surface area (Å²) in [4.78, 5) is 14.3. The highest BCUT2D eigenvalue weighted by Gasteiger charge is 2.36. The van der Waals surface area contributed by atoms with E-state index < -0.39 is 27.8 Å². The molecule has 4 rings (SSSR count). The molecule has 2 N–H and O–H groups in total. The Kier molecular flexibility index (Phi) is 6.96. The molecule has 1 fully saturated rings. The molecule has 180 valence electrons. The molecule has 1 amide bonds. The zero-order valence-electron chi connectivity index (χ0n) is 19.2. The first kappa shape index (κ1) is 24.6. The zero-order valence-corrected chi connectivity index (χ0v) is 20.8. The molecule has 1 heterocycles. The van der Waals surface area contributed by atoms with Crippen LogP contribution in [0, 0.1) is 5.82 Å². The maximum atomic E-state index is 14.9. The summed E-state index contributed by atoms with van der Waals surface area (Å²) in [6.45, 7) is 6.19. The minimum Gasteiger partial charge on any atom is -0.308 e. The van der Waals surface area contributed by atoms with Crippen LogP contribution >= 0.6 is 11.6 Å². The number of carbonyl (C=O) groups excluding carboxylic acids is 1. The van der Waals surface area contributed by atoms with Gasteiger partial charge in [-0.3, -0.25) is 4.79 Å². The maximum Gasteiger partial charge on any atom is 0.245 e. The summed E-state index contributed by atoms with van der Waals surface area (Å²) in [5, 5.41) is 5.40. The number of anilines is 1. The van der Waals surface area contributed by atoms with Gasteiger partial charge in [0.05, 0.1) is 10.6 Å². The van der Waals surface area contributed by atoms with Crippen LogP contribution in [0.15, 0.2) is 59.5 Å². The first-order valence-electron chi connectivity index (χ1n) is 11.1. The summed E-state index contributed by atoms with van der Waals surface area (Å²) in [6.07, 6.45) is 0.244. The van der Waals surface area contributed by atoms with Gasteiger partial charge in [0.1, 0.15) is 11.9 Å². The van der Waals surface area contributed by atoms with Crippen molar-refractivity contribution in [1.29, 1.82) is 0 Å². The highest BCUT2D eigenvalue weighted by molar-refractivity contribution is 7.89. The number of halogens is 2. The number of hydrogen-bond donors (Lipinski definition) is 2. The molecule has 1 aliphatic heterocycles. The predicted octanol–water partition coefficient (Wildman–Crippen LogP) is 4.78. The van der Waals surface area contributed by atoms with E-state index in [-0.39, 0.29) is 35.6 Å². The Labute approximate surface area is 204 Å². The van der Waals surface area contributed by atoms with E-state index in [2.05, 4.69) is 10.0 Å². The molecular formula is C25H27ClFN3O3S. The Morgan fingerprint density at radius 2 is 1.74 bits per heavy atom. The van der Waals surface area contributed by atoms with Crippen molar-refractivity contribution in [2.45, 2.75) is 50.2 Å². The molecule has 0 aliphatic carbocycles. The summed E-state index contributed by atoms with van der Waals surface area (Å²) in [5.74, 6) is -0.990. The lowest BCUT2D eigenvalue weighted by Crippen LogP contribution is -2.41.